The van der Waals surface area contributed by atoms with Crippen molar-refractivity contribution >= 4 is 29.0 Å². The molecule has 0 radical (unpaired) electrons. The minimum atomic E-state index is -0.0110. The van der Waals surface area contributed by atoms with Crippen LogP contribution in [0.4, 0.5) is 0 Å². The summed E-state index contributed by atoms with van der Waals surface area (Å²) in [4.78, 5) is 12.2. The van der Waals surface area contributed by atoms with Crippen LogP contribution >= 0.6 is 23.2 Å². The number of carbonyl (C=O) groups excluding carboxylic acids is 1. The molecule has 0 spiro atoms. The van der Waals surface area contributed by atoms with Crippen molar-refractivity contribution in [2.24, 2.45) is 0 Å². The Hall–Kier alpha value is -1.51. The third-order valence-corrected chi connectivity index (χ3v) is 3.34. The van der Waals surface area contributed by atoms with Gasteiger partial charge in [0.2, 0.25) is 0 Å². The number of methoxy groups -OCH3 is 1. The Morgan fingerprint density at radius 2 is 1.95 bits per heavy atom. The number of halogens is 2. The molecule has 19 heavy (non-hydrogen) atoms. The van der Waals surface area contributed by atoms with Gasteiger partial charge in [-0.3, -0.25) is 4.79 Å². The highest BCUT2D eigenvalue weighted by molar-refractivity contribution is 6.35. The Morgan fingerprint density at radius 3 is 2.63 bits per heavy atom. The SMILES string of the molecule is COc1cccc(C(=O)Cc2ccc(Cl)cc2Cl)c1. The second kappa shape index (κ2) is 6.09. The third kappa shape index (κ3) is 3.49. The Labute approximate surface area is 121 Å². The lowest BCUT2D eigenvalue weighted by molar-refractivity contribution is 0.0992. The van der Waals surface area contributed by atoms with E-state index in [0.717, 1.165) is 5.56 Å². The monoisotopic (exact) mass is 294 g/mol. The van der Waals surface area contributed by atoms with E-state index in [9.17, 15) is 4.79 Å². The lowest BCUT2D eigenvalue weighted by atomic mass is 10.0. The molecule has 2 rings (SSSR count). The summed E-state index contributed by atoms with van der Waals surface area (Å²) < 4.78 is 5.10. The van der Waals surface area contributed by atoms with Crippen molar-refractivity contribution in [3.63, 3.8) is 0 Å². The highest BCUT2D eigenvalue weighted by Crippen LogP contribution is 2.23. The van der Waals surface area contributed by atoms with E-state index < -0.39 is 0 Å². The fraction of sp³-hybridized carbons (Fsp3) is 0.133. The van der Waals surface area contributed by atoms with E-state index in [-0.39, 0.29) is 12.2 Å². The Morgan fingerprint density at radius 1 is 1.16 bits per heavy atom. The molecule has 0 aliphatic rings. The summed E-state index contributed by atoms with van der Waals surface area (Å²) >= 11 is 11.9. The first kappa shape index (κ1) is 13.9. The fourth-order valence-electron chi connectivity index (χ4n) is 1.74. The summed E-state index contributed by atoms with van der Waals surface area (Å²) in [6.45, 7) is 0. The van der Waals surface area contributed by atoms with Crippen molar-refractivity contribution in [3.05, 3.63) is 63.6 Å². The lowest BCUT2D eigenvalue weighted by Gasteiger charge is -2.06. The molecule has 0 unspecified atom stereocenters. The summed E-state index contributed by atoms with van der Waals surface area (Å²) in [5.74, 6) is 0.649. The molecular weight excluding hydrogens is 283 g/mol. The number of hydrogen-bond acceptors (Lipinski definition) is 2. The number of Topliss-reactive ketones (excluding diaryl/α,β-unsaturated/α-hetero) is 1. The summed E-state index contributed by atoms with van der Waals surface area (Å²) in [5.41, 5.74) is 1.37. The summed E-state index contributed by atoms with van der Waals surface area (Å²) in [7, 11) is 1.57. The van der Waals surface area contributed by atoms with E-state index in [1.54, 1.807) is 49.6 Å². The first-order valence-electron chi connectivity index (χ1n) is 5.71. The van der Waals surface area contributed by atoms with Gasteiger partial charge in [0.25, 0.3) is 0 Å². The fourth-order valence-corrected chi connectivity index (χ4v) is 2.21. The second-order valence-corrected chi connectivity index (χ2v) is 4.91. The highest BCUT2D eigenvalue weighted by atomic mass is 35.5. The van der Waals surface area contributed by atoms with Gasteiger partial charge in [-0.2, -0.15) is 0 Å². The van der Waals surface area contributed by atoms with Crippen LogP contribution in [0.3, 0.4) is 0 Å². The summed E-state index contributed by atoms with van der Waals surface area (Å²) in [5, 5.41) is 1.06. The van der Waals surface area contributed by atoms with E-state index in [2.05, 4.69) is 0 Å². The van der Waals surface area contributed by atoms with Gasteiger partial charge >= 0.3 is 0 Å². The average Bonchev–Trinajstić information content (AvgIpc) is 2.42. The van der Waals surface area contributed by atoms with E-state index in [1.807, 2.05) is 0 Å². The molecule has 98 valence electrons. The lowest BCUT2D eigenvalue weighted by Crippen LogP contribution is -2.04. The molecule has 0 fully saturated rings. The maximum Gasteiger partial charge on any atom is 0.167 e. The minimum absolute atomic E-state index is 0.0110. The van der Waals surface area contributed by atoms with Crippen LogP contribution in [-0.2, 0) is 6.42 Å². The van der Waals surface area contributed by atoms with Gasteiger partial charge in [0.15, 0.2) is 5.78 Å². The van der Waals surface area contributed by atoms with Crippen LogP contribution in [0, 0.1) is 0 Å². The van der Waals surface area contributed by atoms with Gasteiger partial charge in [-0.1, -0.05) is 41.4 Å². The predicted molar refractivity (Wildman–Crippen MR) is 77.5 cm³/mol. The number of benzene rings is 2. The third-order valence-electron chi connectivity index (χ3n) is 2.76. The zero-order valence-electron chi connectivity index (χ0n) is 10.3. The van der Waals surface area contributed by atoms with Gasteiger partial charge < -0.3 is 4.74 Å². The molecule has 0 atom stereocenters. The summed E-state index contributed by atoms with van der Waals surface area (Å²) in [6, 6.07) is 12.2. The molecule has 0 heterocycles. The first-order chi connectivity index (χ1) is 9.10. The quantitative estimate of drug-likeness (QED) is 0.780. The zero-order valence-corrected chi connectivity index (χ0v) is 11.8. The zero-order chi connectivity index (χ0) is 13.8. The van der Waals surface area contributed by atoms with Crippen LogP contribution in [0.5, 0.6) is 5.75 Å². The Kier molecular flexibility index (Phi) is 4.46. The molecule has 0 saturated heterocycles. The number of hydrogen-bond donors (Lipinski definition) is 0. The smallest absolute Gasteiger partial charge is 0.167 e. The van der Waals surface area contributed by atoms with Crippen molar-refractivity contribution in [2.45, 2.75) is 6.42 Å². The van der Waals surface area contributed by atoms with Crippen LogP contribution in [0.1, 0.15) is 15.9 Å². The van der Waals surface area contributed by atoms with Crippen molar-refractivity contribution in [1.29, 1.82) is 0 Å². The first-order valence-corrected chi connectivity index (χ1v) is 6.47. The van der Waals surface area contributed by atoms with Gasteiger partial charge in [-0.15, -0.1) is 0 Å². The van der Waals surface area contributed by atoms with Crippen LogP contribution in [0.2, 0.25) is 10.0 Å². The molecule has 0 aliphatic heterocycles. The molecule has 2 aromatic rings. The number of rotatable bonds is 4. The van der Waals surface area contributed by atoms with E-state index in [0.29, 0.717) is 21.4 Å². The number of ether oxygens (including phenoxy) is 1. The molecule has 0 N–H and O–H groups in total. The second-order valence-electron chi connectivity index (χ2n) is 4.07. The largest absolute Gasteiger partial charge is 0.497 e. The van der Waals surface area contributed by atoms with Crippen molar-refractivity contribution in [3.8, 4) is 5.75 Å². The van der Waals surface area contributed by atoms with Gasteiger partial charge in [0, 0.05) is 22.0 Å². The Bertz CT molecular complexity index is 609. The molecule has 2 aromatic carbocycles. The van der Waals surface area contributed by atoms with E-state index in [4.69, 9.17) is 27.9 Å². The van der Waals surface area contributed by atoms with Crippen molar-refractivity contribution < 1.29 is 9.53 Å². The van der Waals surface area contributed by atoms with Crippen LogP contribution in [-0.4, -0.2) is 12.9 Å². The molecule has 4 heteroatoms. The highest BCUT2D eigenvalue weighted by Gasteiger charge is 2.10. The molecule has 0 aliphatic carbocycles. The summed E-state index contributed by atoms with van der Waals surface area (Å²) in [6.07, 6.45) is 0.239. The number of carbonyl (C=O) groups is 1. The van der Waals surface area contributed by atoms with Crippen LogP contribution in [0.15, 0.2) is 42.5 Å². The van der Waals surface area contributed by atoms with E-state index >= 15 is 0 Å². The van der Waals surface area contributed by atoms with Gasteiger partial charge in [-0.05, 0) is 29.8 Å². The van der Waals surface area contributed by atoms with Crippen LogP contribution in [0.25, 0.3) is 0 Å². The standard InChI is InChI=1S/C15H12Cl2O2/c1-19-13-4-2-3-11(7-13)15(18)8-10-5-6-12(16)9-14(10)17/h2-7,9H,8H2,1H3. The molecule has 2 nitrogen and oxygen atoms in total. The van der Waals surface area contributed by atoms with Gasteiger partial charge in [0.05, 0.1) is 7.11 Å². The average molecular weight is 295 g/mol. The molecule has 0 bridgehead atoms. The Balaban J connectivity index is 2.20. The van der Waals surface area contributed by atoms with Crippen molar-refractivity contribution in [2.75, 3.05) is 7.11 Å². The molecule has 0 amide bonds. The van der Waals surface area contributed by atoms with Crippen molar-refractivity contribution in [1.82, 2.24) is 0 Å². The molecule has 0 aromatic heterocycles. The molecule has 0 saturated carbocycles. The normalized spacial score (nSPS) is 10.3. The molecular formula is C15H12Cl2O2. The van der Waals surface area contributed by atoms with Gasteiger partial charge in [0.1, 0.15) is 5.75 Å². The van der Waals surface area contributed by atoms with Gasteiger partial charge in [-0.25, -0.2) is 0 Å². The maximum atomic E-state index is 12.2. The predicted octanol–water partition coefficient (Wildman–Crippen LogP) is 4.43. The maximum absolute atomic E-state index is 12.2. The number of ketones is 1. The minimum Gasteiger partial charge on any atom is -0.497 e. The topological polar surface area (TPSA) is 26.3 Å². The van der Waals surface area contributed by atoms with Crippen LogP contribution < -0.4 is 4.74 Å². The van der Waals surface area contributed by atoms with E-state index in [1.165, 1.54) is 0 Å².